The summed E-state index contributed by atoms with van der Waals surface area (Å²) in [4.78, 5) is 27.1. The number of aryl methyl sites for hydroxylation is 1. The summed E-state index contributed by atoms with van der Waals surface area (Å²) < 4.78 is 5.12. The SMILES string of the molecule is CCOC(=O)C1CCC(NC(=O)c2ccc(CCC34CCN(CC3)CC4)cc2)CC1. The summed E-state index contributed by atoms with van der Waals surface area (Å²) >= 11 is 0. The van der Waals surface area contributed by atoms with Gasteiger partial charge < -0.3 is 15.0 Å². The molecular weight excluding hydrogens is 376 g/mol. The van der Waals surface area contributed by atoms with Crippen LogP contribution in [-0.4, -0.2) is 49.1 Å². The van der Waals surface area contributed by atoms with Crippen molar-refractivity contribution >= 4 is 11.9 Å². The normalized spacial score (nSPS) is 30.6. The van der Waals surface area contributed by atoms with Crippen molar-refractivity contribution in [3.8, 4) is 0 Å². The van der Waals surface area contributed by atoms with Crippen LogP contribution in [0.1, 0.15) is 74.2 Å². The molecule has 1 saturated carbocycles. The second-order valence-corrected chi connectivity index (χ2v) is 9.56. The molecule has 0 unspecified atom stereocenters. The van der Waals surface area contributed by atoms with Gasteiger partial charge >= 0.3 is 5.97 Å². The maximum atomic E-state index is 12.6. The molecule has 2 bridgehead atoms. The first-order chi connectivity index (χ1) is 14.6. The zero-order valence-corrected chi connectivity index (χ0v) is 18.3. The predicted octanol–water partition coefficient (Wildman–Crippen LogP) is 3.96. The number of nitrogens with zero attached hydrogens (tertiary/aromatic N) is 1. The van der Waals surface area contributed by atoms with Crippen molar-refractivity contribution in [3.05, 3.63) is 35.4 Å². The molecule has 0 atom stereocenters. The van der Waals surface area contributed by atoms with E-state index >= 15 is 0 Å². The van der Waals surface area contributed by atoms with Crippen molar-refractivity contribution in [2.45, 2.75) is 70.8 Å². The second kappa shape index (κ2) is 9.51. The molecule has 3 aliphatic heterocycles. The average Bonchev–Trinajstić information content (AvgIpc) is 2.80. The fraction of sp³-hybridized carbons (Fsp3) is 0.680. The van der Waals surface area contributed by atoms with Crippen LogP contribution < -0.4 is 5.32 Å². The van der Waals surface area contributed by atoms with Gasteiger partial charge in [0.25, 0.3) is 5.91 Å². The minimum absolute atomic E-state index is 0.000573. The van der Waals surface area contributed by atoms with E-state index in [0.29, 0.717) is 12.0 Å². The molecule has 30 heavy (non-hydrogen) atoms. The second-order valence-electron chi connectivity index (χ2n) is 9.56. The van der Waals surface area contributed by atoms with E-state index in [1.54, 1.807) is 0 Å². The Morgan fingerprint density at radius 2 is 1.67 bits per heavy atom. The number of nitrogens with one attached hydrogen (secondary N) is 1. The highest BCUT2D eigenvalue weighted by Crippen LogP contribution is 2.43. The molecule has 1 N–H and O–H groups in total. The summed E-state index contributed by atoms with van der Waals surface area (Å²) in [5, 5.41) is 3.15. The van der Waals surface area contributed by atoms with Crippen molar-refractivity contribution in [1.82, 2.24) is 10.2 Å². The quantitative estimate of drug-likeness (QED) is 0.689. The Morgan fingerprint density at radius 1 is 1.03 bits per heavy atom. The number of benzene rings is 1. The van der Waals surface area contributed by atoms with Gasteiger partial charge in [-0.1, -0.05) is 12.1 Å². The maximum absolute atomic E-state index is 12.6. The standard InChI is InChI=1S/C25H36N2O3/c1-2-30-24(29)21-7-9-22(10-8-21)26-23(28)20-5-3-19(4-6-20)11-12-25-13-16-27(17-14-25)18-15-25/h3-6,21-22H,2,7-18H2,1H3,(H,26,28). The van der Waals surface area contributed by atoms with Crippen LogP contribution in [0.15, 0.2) is 24.3 Å². The fourth-order valence-corrected chi connectivity index (χ4v) is 5.51. The molecule has 5 nitrogen and oxygen atoms in total. The third-order valence-electron chi connectivity index (χ3n) is 7.72. The summed E-state index contributed by atoms with van der Waals surface area (Å²) in [5.74, 6) is -0.0937. The molecule has 1 aliphatic carbocycles. The van der Waals surface area contributed by atoms with Crippen LogP contribution in [0.4, 0.5) is 0 Å². The molecule has 1 amide bonds. The average molecular weight is 413 g/mol. The summed E-state index contributed by atoms with van der Waals surface area (Å²) in [6.07, 6.45) is 9.71. The molecule has 0 radical (unpaired) electrons. The largest absolute Gasteiger partial charge is 0.466 e. The summed E-state index contributed by atoms with van der Waals surface area (Å²) in [5.41, 5.74) is 2.63. The number of hydrogen-bond donors (Lipinski definition) is 1. The van der Waals surface area contributed by atoms with Gasteiger partial charge in [0.05, 0.1) is 12.5 Å². The Morgan fingerprint density at radius 3 is 2.27 bits per heavy atom. The lowest BCUT2D eigenvalue weighted by Gasteiger charge is -2.48. The molecule has 5 heteroatoms. The van der Waals surface area contributed by atoms with Crippen molar-refractivity contribution < 1.29 is 14.3 Å². The fourth-order valence-electron chi connectivity index (χ4n) is 5.51. The Labute approximate surface area is 180 Å². The van der Waals surface area contributed by atoms with Gasteiger partial charge in [-0.05, 0) is 107 Å². The van der Waals surface area contributed by atoms with E-state index in [-0.39, 0.29) is 23.8 Å². The van der Waals surface area contributed by atoms with Crippen molar-refractivity contribution in [2.75, 3.05) is 26.2 Å². The topological polar surface area (TPSA) is 58.6 Å². The van der Waals surface area contributed by atoms with E-state index in [1.807, 2.05) is 19.1 Å². The van der Waals surface area contributed by atoms with E-state index in [1.165, 1.54) is 50.9 Å². The molecule has 164 valence electrons. The van der Waals surface area contributed by atoms with Gasteiger partial charge in [-0.2, -0.15) is 0 Å². The number of amides is 1. The Bertz CT molecular complexity index is 715. The molecule has 0 aromatic heterocycles. The molecule has 1 aromatic carbocycles. The van der Waals surface area contributed by atoms with Gasteiger partial charge in [0.2, 0.25) is 0 Å². The van der Waals surface area contributed by atoms with E-state index in [2.05, 4.69) is 22.3 Å². The van der Waals surface area contributed by atoms with Crippen LogP contribution in [0.5, 0.6) is 0 Å². The van der Waals surface area contributed by atoms with Crippen LogP contribution in [0.3, 0.4) is 0 Å². The van der Waals surface area contributed by atoms with Crippen molar-refractivity contribution in [1.29, 1.82) is 0 Å². The molecule has 5 rings (SSSR count). The minimum Gasteiger partial charge on any atom is -0.466 e. The van der Waals surface area contributed by atoms with Gasteiger partial charge in [0, 0.05) is 11.6 Å². The predicted molar refractivity (Wildman–Crippen MR) is 117 cm³/mol. The number of esters is 1. The van der Waals surface area contributed by atoms with Crippen LogP contribution in [0, 0.1) is 11.3 Å². The smallest absolute Gasteiger partial charge is 0.308 e. The molecule has 3 heterocycles. The number of rotatable bonds is 7. The van der Waals surface area contributed by atoms with Gasteiger partial charge in [0.15, 0.2) is 0 Å². The Balaban J connectivity index is 1.23. The van der Waals surface area contributed by atoms with Gasteiger partial charge in [-0.15, -0.1) is 0 Å². The third kappa shape index (κ3) is 5.05. The van der Waals surface area contributed by atoms with Crippen LogP contribution in [0.2, 0.25) is 0 Å². The first kappa shape index (κ1) is 21.4. The molecule has 1 aromatic rings. The first-order valence-corrected chi connectivity index (χ1v) is 11.9. The lowest BCUT2D eigenvalue weighted by Crippen LogP contribution is -2.48. The first-order valence-electron chi connectivity index (χ1n) is 11.9. The van der Waals surface area contributed by atoms with Gasteiger partial charge in [0.1, 0.15) is 0 Å². The number of ether oxygens (including phenoxy) is 1. The third-order valence-corrected chi connectivity index (χ3v) is 7.72. The molecule has 4 aliphatic rings. The van der Waals surface area contributed by atoms with Gasteiger partial charge in [-0.3, -0.25) is 9.59 Å². The van der Waals surface area contributed by atoms with Crippen LogP contribution in [0.25, 0.3) is 0 Å². The number of carbonyl (C=O) groups excluding carboxylic acids is 2. The highest BCUT2D eigenvalue weighted by molar-refractivity contribution is 5.94. The van der Waals surface area contributed by atoms with Gasteiger partial charge in [-0.25, -0.2) is 0 Å². The van der Waals surface area contributed by atoms with Crippen molar-refractivity contribution in [2.24, 2.45) is 11.3 Å². The van der Waals surface area contributed by atoms with E-state index in [4.69, 9.17) is 4.74 Å². The highest BCUT2D eigenvalue weighted by atomic mass is 16.5. The van der Waals surface area contributed by atoms with E-state index < -0.39 is 0 Å². The number of fused-ring (bicyclic) bond motifs is 3. The van der Waals surface area contributed by atoms with Crippen LogP contribution in [-0.2, 0) is 16.0 Å². The number of hydrogen-bond acceptors (Lipinski definition) is 4. The van der Waals surface area contributed by atoms with Crippen LogP contribution >= 0.6 is 0 Å². The molecule has 4 fully saturated rings. The molecular formula is C25H36N2O3. The summed E-state index contributed by atoms with van der Waals surface area (Å²) in [7, 11) is 0. The molecule has 0 spiro atoms. The zero-order chi connectivity index (χ0) is 21.0. The number of piperidine rings is 3. The minimum atomic E-state index is -0.0869. The zero-order valence-electron chi connectivity index (χ0n) is 18.3. The monoisotopic (exact) mass is 412 g/mol. The Kier molecular flexibility index (Phi) is 6.77. The lowest BCUT2D eigenvalue weighted by molar-refractivity contribution is -0.149. The maximum Gasteiger partial charge on any atom is 0.308 e. The lowest BCUT2D eigenvalue weighted by atomic mass is 9.69. The molecule has 3 saturated heterocycles. The summed E-state index contributed by atoms with van der Waals surface area (Å²) in [6.45, 7) is 6.11. The number of carbonyl (C=O) groups is 2. The Hall–Kier alpha value is -1.88. The highest BCUT2D eigenvalue weighted by Gasteiger charge is 2.38. The van der Waals surface area contributed by atoms with E-state index in [9.17, 15) is 9.59 Å². The van der Waals surface area contributed by atoms with Crippen molar-refractivity contribution in [3.63, 3.8) is 0 Å². The van der Waals surface area contributed by atoms with E-state index in [0.717, 1.165) is 37.7 Å². The summed E-state index contributed by atoms with van der Waals surface area (Å²) in [6, 6.07) is 8.34.